The third-order valence-corrected chi connectivity index (χ3v) is 3.65. The Bertz CT molecular complexity index is 897. The predicted octanol–water partition coefficient (Wildman–Crippen LogP) is 3.34. The van der Waals surface area contributed by atoms with Gasteiger partial charge in [0, 0.05) is 22.7 Å². The van der Waals surface area contributed by atoms with Gasteiger partial charge in [0.1, 0.15) is 0 Å². The van der Waals surface area contributed by atoms with Crippen LogP contribution in [0.5, 0.6) is 0 Å². The molecular formula is C18H16N2O2. The van der Waals surface area contributed by atoms with Gasteiger partial charge in [-0.05, 0) is 30.2 Å². The second-order valence-corrected chi connectivity index (χ2v) is 5.09. The summed E-state index contributed by atoms with van der Waals surface area (Å²) in [5, 5.41) is 4.04. The van der Waals surface area contributed by atoms with Crippen LogP contribution in [0.3, 0.4) is 0 Å². The maximum absolute atomic E-state index is 12.5. The second-order valence-electron chi connectivity index (χ2n) is 5.09. The van der Waals surface area contributed by atoms with E-state index in [-0.39, 0.29) is 11.5 Å². The topological polar surface area (TPSA) is 62.0 Å². The van der Waals surface area contributed by atoms with Crippen LogP contribution in [0.1, 0.15) is 22.8 Å². The molecule has 2 N–H and O–H groups in total. The summed E-state index contributed by atoms with van der Waals surface area (Å²) in [7, 11) is 0. The number of H-pyrrole nitrogens is 1. The van der Waals surface area contributed by atoms with Crippen LogP contribution < -0.4 is 10.9 Å². The molecule has 22 heavy (non-hydrogen) atoms. The molecule has 0 bridgehead atoms. The van der Waals surface area contributed by atoms with Gasteiger partial charge in [-0.1, -0.05) is 37.3 Å². The van der Waals surface area contributed by atoms with Crippen molar-refractivity contribution in [2.24, 2.45) is 0 Å². The fourth-order valence-corrected chi connectivity index (χ4v) is 2.46. The number of amides is 1. The molecule has 1 amide bonds. The summed E-state index contributed by atoms with van der Waals surface area (Å²) in [5.74, 6) is -0.235. The van der Waals surface area contributed by atoms with Crippen LogP contribution in [0.4, 0.5) is 5.69 Å². The van der Waals surface area contributed by atoms with Crippen LogP contribution in [0, 0.1) is 0 Å². The number of benzene rings is 2. The third-order valence-electron chi connectivity index (χ3n) is 3.65. The van der Waals surface area contributed by atoms with Crippen LogP contribution in [-0.2, 0) is 6.42 Å². The third kappa shape index (κ3) is 2.63. The summed E-state index contributed by atoms with van der Waals surface area (Å²) in [5.41, 5.74) is 2.17. The summed E-state index contributed by atoms with van der Waals surface area (Å²) >= 11 is 0. The molecule has 0 saturated heterocycles. The second kappa shape index (κ2) is 5.85. The average molecular weight is 292 g/mol. The summed E-state index contributed by atoms with van der Waals surface area (Å²) in [6, 6.07) is 14.8. The molecule has 0 spiro atoms. The fourth-order valence-electron chi connectivity index (χ4n) is 2.46. The largest absolute Gasteiger partial charge is 0.328 e. The Morgan fingerprint density at radius 2 is 1.86 bits per heavy atom. The summed E-state index contributed by atoms with van der Waals surface area (Å²) in [4.78, 5) is 26.9. The highest BCUT2D eigenvalue weighted by Gasteiger charge is 2.12. The van der Waals surface area contributed by atoms with Gasteiger partial charge in [-0.3, -0.25) is 9.59 Å². The lowest BCUT2D eigenvalue weighted by Gasteiger charge is -2.08. The van der Waals surface area contributed by atoms with E-state index in [1.807, 2.05) is 30.3 Å². The van der Waals surface area contributed by atoms with Crippen LogP contribution in [0.15, 0.2) is 59.5 Å². The lowest BCUT2D eigenvalue weighted by molar-refractivity contribution is 0.102. The Kier molecular flexibility index (Phi) is 3.74. The van der Waals surface area contributed by atoms with Crippen LogP contribution >= 0.6 is 0 Å². The molecule has 3 rings (SSSR count). The van der Waals surface area contributed by atoms with Gasteiger partial charge in [-0.15, -0.1) is 0 Å². The maximum Gasteiger partial charge on any atom is 0.257 e. The van der Waals surface area contributed by atoms with Gasteiger partial charge in [-0.25, -0.2) is 0 Å². The van der Waals surface area contributed by atoms with Crippen molar-refractivity contribution in [2.45, 2.75) is 13.3 Å². The highest BCUT2D eigenvalue weighted by Crippen LogP contribution is 2.17. The monoisotopic (exact) mass is 292 g/mol. The highest BCUT2D eigenvalue weighted by molar-refractivity contribution is 6.12. The van der Waals surface area contributed by atoms with E-state index < -0.39 is 0 Å². The zero-order valence-corrected chi connectivity index (χ0v) is 12.2. The Hall–Kier alpha value is -2.88. The van der Waals surface area contributed by atoms with E-state index in [0.717, 1.165) is 17.7 Å². The zero-order valence-electron chi connectivity index (χ0n) is 12.2. The van der Waals surface area contributed by atoms with Crippen molar-refractivity contribution in [1.29, 1.82) is 0 Å². The summed E-state index contributed by atoms with van der Waals surface area (Å²) in [6.07, 6.45) is 2.37. The number of rotatable bonds is 3. The number of anilines is 1. The molecule has 3 aromatic rings. The van der Waals surface area contributed by atoms with E-state index in [1.165, 1.54) is 6.20 Å². The van der Waals surface area contributed by atoms with E-state index in [0.29, 0.717) is 16.3 Å². The first kappa shape index (κ1) is 14.1. The van der Waals surface area contributed by atoms with Crippen molar-refractivity contribution in [1.82, 2.24) is 4.98 Å². The molecule has 0 aliphatic carbocycles. The fraction of sp³-hybridized carbons (Fsp3) is 0.111. The minimum atomic E-state index is -0.235. The molecule has 0 radical (unpaired) electrons. The number of carbonyl (C=O) groups excluding carboxylic acids is 1. The Morgan fingerprint density at radius 1 is 1.09 bits per heavy atom. The molecule has 4 heteroatoms. The van der Waals surface area contributed by atoms with Gasteiger partial charge in [0.15, 0.2) is 0 Å². The molecular weight excluding hydrogens is 276 g/mol. The molecule has 0 fully saturated rings. The molecule has 0 atom stereocenters. The maximum atomic E-state index is 12.5. The van der Waals surface area contributed by atoms with Crippen molar-refractivity contribution in [3.8, 4) is 0 Å². The van der Waals surface area contributed by atoms with Crippen LogP contribution in [-0.4, -0.2) is 10.9 Å². The van der Waals surface area contributed by atoms with Crippen molar-refractivity contribution in [3.63, 3.8) is 0 Å². The molecule has 110 valence electrons. The molecule has 0 aliphatic heterocycles. The number of carbonyl (C=O) groups is 1. The summed E-state index contributed by atoms with van der Waals surface area (Å²) in [6.45, 7) is 2.07. The lowest BCUT2D eigenvalue weighted by atomic mass is 10.1. The minimum absolute atomic E-state index is 0.194. The van der Waals surface area contributed by atoms with Gasteiger partial charge >= 0.3 is 0 Å². The average Bonchev–Trinajstić information content (AvgIpc) is 2.55. The molecule has 0 aliphatic rings. The van der Waals surface area contributed by atoms with E-state index in [9.17, 15) is 9.59 Å². The van der Waals surface area contributed by atoms with E-state index in [1.54, 1.807) is 18.2 Å². The van der Waals surface area contributed by atoms with E-state index >= 15 is 0 Å². The normalized spacial score (nSPS) is 10.6. The number of nitrogens with one attached hydrogen (secondary N) is 2. The quantitative estimate of drug-likeness (QED) is 0.777. The molecule has 2 aromatic carbocycles. The first-order valence-corrected chi connectivity index (χ1v) is 7.19. The molecule has 1 aromatic heterocycles. The number of hydrogen-bond donors (Lipinski definition) is 2. The van der Waals surface area contributed by atoms with Crippen molar-refractivity contribution in [3.05, 3.63) is 76.2 Å². The zero-order chi connectivity index (χ0) is 15.5. The van der Waals surface area contributed by atoms with Gasteiger partial charge < -0.3 is 10.3 Å². The number of aromatic nitrogens is 1. The standard InChI is InChI=1S/C18H16N2O2/c1-2-12-6-5-7-13(10-12)20-18(22)16-11-19-17(21)15-9-4-3-8-14(15)16/h3-11H,2H2,1H3,(H,19,21)(H,20,22). The predicted molar refractivity (Wildman–Crippen MR) is 88.3 cm³/mol. The molecule has 0 unspecified atom stereocenters. The van der Waals surface area contributed by atoms with Crippen molar-refractivity contribution in [2.75, 3.05) is 5.32 Å². The van der Waals surface area contributed by atoms with E-state index in [2.05, 4.69) is 17.2 Å². The first-order valence-electron chi connectivity index (χ1n) is 7.19. The lowest BCUT2D eigenvalue weighted by Crippen LogP contribution is -2.16. The number of aryl methyl sites for hydroxylation is 1. The Balaban J connectivity index is 1.99. The number of fused-ring (bicyclic) bond motifs is 1. The Morgan fingerprint density at radius 3 is 2.64 bits per heavy atom. The molecule has 4 nitrogen and oxygen atoms in total. The molecule has 0 saturated carbocycles. The smallest absolute Gasteiger partial charge is 0.257 e. The van der Waals surface area contributed by atoms with Crippen LogP contribution in [0.25, 0.3) is 10.8 Å². The molecule has 1 heterocycles. The van der Waals surface area contributed by atoms with Gasteiger partial charge in [0.2, 0.25) is 0 Å². The highest BCUT2D eigenvalue weighted by atomic mass is 16.1. The van der Waals surface area contributed by atoms with E-state index in [4.69, 9.17) is 0 Å². The van der Waals surface area contributed by atoms with Gasteiger partial charge in [0.05, 0.1) is 5.56 Å². The van der Waals surface area contributed by atoms with Crippen LogP contribution in [0.2, 0.25) is 0 Å². The van der Waals surface area contributed by atoms with Crippen molar-refractivity contribution < 1.29 is 4.79 Å². The SMILES string of the molecule is CCc1cccc(NC(=O)c2c[nH]c(=O)c3ccccc23)c1. The van der Waals surface area contributed by atoms with Gasteiger partial charge in [-0.2, -0.15) is 0 Å². The number of hydrogen-bond acceptors (Lipinski definition) is 2. The number of aromatic amines is 1. The Labute approximate surface area is 127 Å². The van der Waals surface area contributed by atoms with Crippen molar-refractivity contribution >= 4 is 22.4 Å². The van der Waals surface area contributed by atoms with Gasteiger partial charge in [0.25, 0.3) is 11.5 Å². The number of pyridine rings is 1. The first-order chi connectivity index (χ1) is 10.7. The minimum Gasteiger partial charge on any atom is -0.328 e. The summed E-state index contributed by atoms with van der Waals surface area (Å²) < 4.78 is 0.